The molecule has 0 saturated heterocycles. The third kappa shape index (κ3) is 4.53. The molecule has 3 nitrogen and oxygen atoms in total. The lowest BCUT2D eigenvalue weighted by atomic mass is 9.43. The number of aliphatic hydroxyl groups is 3. The first-order chi connectivity index (χ1) is 18.7. The number of rotatable bonds is 5. The van der Waals surface area contributed by atoms with Gasteiger partial charge in [0.15, 0.2) is 0 Å². The summed E-state index contributed by atoms with van der Waals surface area (Å²) < 4.78 is 0. The Morgan fingerprint density at radius 2 is 1.49 bits per heavy atom. The molecule has 39 heavy (non-hydrogen) atoms. The van der Waals surface area contributed by atoms with E-state index in [2.05, 4.69) is 87.5 Å². The van der Waals surface area contributed by atoms with Crippen LogP contribution < -0.4 is 0 Å². The van der Waals surface area contributed by atoms with Gasteiger partial charge in [-0.2, -0.15) is 0 Å². The zero-order valence-corrected chi connectivity index (χ0v) is 24.0. The number of benzene rings is 2. The lowest BCUT2D eigenvalue weighted by Crippen LogP contribution is -2.62. The molecule has 4 aliphatic carbocycles. The van der Waals surface area contributed by atoms with Crippen LogP contribution in [-0.4, -0.2) is 33.6 Å². The Kier molecular flexibility index (Phi) is 7.31. The molecule has 2 aromatic carbocycles. The summed E-state index contributed by atoms with van der Waals surface area (Å²) in [5, 5.41) is 33.9. The summed E-state index contributed by atoms with van der Waals surface area (Å²) in [5.41, 5.74) is 3.74. The molecule has 3 N–H and O–H groups in total. The molecule has 0 bridgehead atoms. The first kappa shape index (κ1) is 27.2. The van der Waals surface area contributed by atoms with Crippen LogP contribution in [0.25, 0.3) is 5.57 Å². The molecule has 0 amide bonds. The van der Waals surface area contributed by atoms with Crippen LogP contribution in [0.3, 0.4) is 0 Å². The van der Waals surface area contributed by atoms with Crippen molar-refractivity contribution < 1.29 is 15.3 Å². The van der Waals surface area contributed by atoms with Gasteiger partial charge in [-0.05, 0) is 114 Å². The van der Waals surface area contributed by atoms with Gasteiger partial charge in [0.25, 0.3) is 0 Å². The molecule has 0 spiro atoms. The second kappa shape index (κ2) is 10.5. The highest BCUT2D eigenvalue weighted by Crippen LogP contribution is 2.68. The topological polar surface area (TPSA) is 60.7 Å². The zero-order valence-electron chi connectivity index (χ0n) is 24.0. The molecule has 4 aliphatic rings. The predicted molar refractivity (Wildman–Crippen MR) is 158 cm³/mol. The Bertz CT molecular complexity index is 1120. The number of hydrogen-bond donors (Lipinski definition) is 3. The SMILES string of the molecule is C[C@@H](CC=C(c1ccccc1)c1ccccc1)[C@H]1CCC2C3C(O)C[C@@H]4C[C@H](O)CC[C@]4(C)C3C[C@H](O)[C@@]21C. The van der Waals surface area contributed by atoms with Gasteiger partial charge in [-0.15, -0.1) is 0 Å². The number of allylic oxidation sites excluding steroid dienone is 1. The fourth-order valence-electron chi connectivity index (χ4n) is 10.2. The van der Waals surface area contributed by atoms with Crippen LogP contribution in [0.5, 0.6) is 0 Å². The first-order valence-corrected chi connectivity index (χ1v) is 15.6. The van der Waals surface area contributed by atoms with Crippen LogP contribution in [0.1, 0.15) is 83.3 Å². The van der Waals surface area contributed by atoms with Gasteiger partial charge in [-0.25, -0.2) is 0 Å². The van der Waals surface area contributed by atoms with Gasteiger partial charge in [0.2, 0.25) is 0 Å². The van der Waals surface area contributed by atoms with Crippen LogP contribution in [-0.2, 0) is 0 Å². The molecule has 210 valence electrons. The molecule has 4 saturated carbocycles. The third-order valence-electron chi connectivity index (χ3n) is 12.4. The molecular weight excluding hydrogens is 480 g/mol. The van der Waals surface area contributed by atoms with E-state index in [1.165, 1.54) is 16.7 Å². The molecule has 0 heterocycles. The van der Waals surface area contributed by atoms with Crippen LogP contribution in [0.15, 0.2) is 66.7 Å². The fourth-order valence-corrected chi connectivity index (χ4v) is 10.2. The highest BCUT2D eigenvalue weighted by Gasteiger charge is 2.65. The summed E-state index contributed by atoms with van der Waals surface area (Å²) in [4.78, 5) is 0. The van der Waals surface area contributed by atoms with Crippen molar-refractivity contribution in [2.75, 3.05) is 0 Å². The van der Waals surface area contributed by atoms with E-state index in [-0.39, 0.29) is 35.1 Å². The monoisotopic (exact) mass is 528 g/mol. The van der Waals surface area contributed by atoms with E-state index < -0.39 is 0 Å². The molecule has 4 fully saturated rings. The molecule has 0 aromatic heterocycles. The van der Waals surface area contributed by atoms with Gasteiger partial charge in [0.1, 0.15) is 0 Å². The minimum atomic E-state index is -0.333. The van der Waals surface area contributed by atoms with E-state index in [9.17, 15) is 15.3 Å². The molecule has 2 aromatic rings. The second-order valence-corrected chi connectivity index (χ2v) is 14.1. The fraction of sp³-hybridized carbons (Fsp3) is 0.611. The highest BCUT2D eigenvalue weighted by atomic mass is 16.3. The molecular formula is C36H48O3. The van der Waals surface area contributed by atoms with Gasteiger partial charge in [0, 0.05) is 0 Å². The summed E-state index contributed by atoms with van der Waals surface area (Å²) >= 11 is 0. The maximum Gasteiger partial charge on any atom is 0.0602 e. The molecule has 0 radical (unpaired) electrons. The number of aliphatic hydroxyl groups excluding tert-OH is 3. The van der Waals surface area contributed by atoms with E-state index >= 15 is 0 Å². The summed E-state index contributed by atoms with van der Waals surface area (Å²) in [6.45, 7) is 7.16. The Morgan fingerprint density at radius 1 is 0.846 bits per heavy atom. The minimum absolute atomic E-state index is 0.123. The second-order valence-electron chi connectivity index (χ2n) is 14.1. The van der Waals surface area contributed by atoms with Crippen molar-refractivity contribution in [3.63, 3.8) is 0 Å². The quantitative estimate of drug-likeness (QED) is 0.388. The number of hydrogen-bond acceptors (Lipinski definition) is 3. The average molecular weight is 529 g/mol. The van der Waals surface area contributed by atoms with Crippen molar-refractivity contribution in [3.05, 3.63) is 77.9 Å². The maximum absolute atomic E-state index is 11.9. The largest absolute Gasteiger partial charge is 0.393 e. The summed E-state index contributed by atoms with van der Waals surface area (Å²) in [6.07, 6.45) is 9.09. The Labute approximate surface area is 235 Å². The normalized spacial score (nSPS) is 42.1. The predicted octanol–water partition coefficient (Wildman–Crippen LogP) is 7.11. The first-order valence-electron chi connectivity index (χ1n) is 15.6. The average Bonchev–Trinajstić information content (AvgIpc) is 3.30. The van der Waals surface area contributed by atoms with Crippen LogP contribution in [0, 0.1) is 46.3 Å². The highest BCUT2D eigenvalue weighted by molar-refractivity contribution is 5.79. The van der Waals surface area contributed by atoms with Crippen molar-refractivity contribution >= 4 is 5.57 Å². The van der Waals surface area contributed by atoms with E-state index in [1.54, 1.807) is 0 Å². The van der Waals surface area contributed by atoms with Crippen LogP contribution in [0.2, 0.25) is 0 Å². The lowest BCUT2D eigenvalue weighted by molar-refractivity contribution is -0.206. The van der Waals surface area contributed by atoms with E-state index in [0.717, 1.165) is 51.4 Å². The van der Waals surface area contributed by atoms with Gasteiger partial charge in [0.05, 0.1) is 18.3 Å². The van der Waals surface area contributed by atoms with Crippen molar-refractivity contribution in [1.82, 2.24) is 0 Å². The van der Waals surface area contributed by atoms with Crippen molar-refractivity contribution in [3.8, 4) is 0 Å². The van der Waals surface area contributed by atoms with Crippen LogP contribution in [0.4, 0.5) is 0 Å². The molecule has 6 rings (SSSR count). The van der Waals surface area contributed by atoms with Crippen LogP contribution >= 0.6 is 0 Å². The standard InChI is InChI=1S/C36H48O3/c1-23(14-15-28(24-10-6-4-7-11-24)25-12-8-5-9-13-25)29-16-17-30-34-31(22-33(39)36(29,30)3)35(2)19-18-27(37)20-26(35)21-32(34)38/h4-13,15,23,26-27,29-34,37-39H,14,16-22H2,1-3H3/t23-,26-,27+,29+,30?,31?,32?,33-,34?,35-,36+/m0/s1. The van der Waals surface area contributed by atoms with Gasteiger partial charge < -0.3 is 15.3 Å². The third-order valence-corrected chi connectivity index (χ3v) is 12.4. The molecule has 4 unspecified atom stereocenters. The molecule has 0 aliphatic heterocycles. The minimum Gasteiger partial charge on any atom is -0.393 e. The molecule has 3 heteroatoms. The van der Waals surface area contributed by atoms with Gasteiger partial charge in [-0.1, -0.05) is 87.5 Å². The van der Waals surface area contributed by atoms with E-state index in [0.29, 0.717) is 29.6 Å². The summed E-state index contributed by atoms with van der Waals surface area (Å²) in [7, 11) is 0. The van der Waals surface area contributed by atoms with Gasteiger partial charge in [-0.3, -0.25) is 0 Å². The van der Waals surface area contributed by atoms with Gasteiger partial charge >= 0.3 is 0 Å². The Morgan fingerprint density at radius 3 is 2.13 bits per heavy atom. The zero-order chi connectivity index (χ0) is 27.4. The maximum atomic E-state index is 11.9. The molecule has 11 atom stereocenters. The lowest BCUT2D eigenvalue weighted by Gasteiger charge is -2.63. The van der Waals surface area contributed by atoms with Crippen molar-refractivity contribution in [1.29, 1.82) is 0 Å². The number of fused-ring (bicyclic) bond motifs is 5. The Hall–Kier alpha value is -1.94. The van der Waals surface area contributed by atoms with E-state index in [4.69, 9.17) is 0 Å². The Balaban J connectivity index is 1.26. The van der Waals surface area contributed by atoms with E-state index in [1.807, 2.05) is 0 Å². The summed E-state index contributed by atoms with van der Waals surface area (Å²) in [5.74, 6) is 2.24. The van der Waals surface area contributed by atoms with Crippen molar-refractivity contribution in [2.45, 2.75) is 90.4 Å². The van der Waals surface area contributed by atoms with Crippen molar-refractivity contribution in [2.24, 2.45) is 46.3 Å². The summed E-state index contributed by atoms with van der Waals surface area (Å²) in [6, 6.07) is 21.4. The smallest absolute Gasteiger partial charge is 0.0602 e.